The molecule has 1 rings (SSSR count). The zero-order chi connectivity index (χ0) is 14.4. The van der Waals surface area contributed by atoms with E-state index >= 15 is 0 Å². The summed E-state index contributed by atoms with van der Waals surface area (Å²) in [6.45, 7) is 7.78. The highest BCUT2D eigenvalue weighted by atomic mass is 32.2. The first-order valence-electron chi connectivity index (χ1n) is 6.37. The molecule has 0 saturated heterocycles. The minimum absolute atomic E-state index is 0.590. The SMILES string of the molecule is CCOCCN(C)S(=O)c1c(C)cc(OC)cc1C. The molecule has 0 amide bonds. The number of aryl methyl sites for hydroxylation is 2. The first-order valence-corrected chi connectivity index (χ1v) is 7.48. The van der Waals surface area contributed by atoms with E-state index in [0.717, 1.165) is 21.8 Å². The fourth-order valence-electron chi connectivity index (χ4n) is 1.88. The Balaban J connectivity index is 2.87. The molecule has 0 heterocycles. The second-order valence-corrected chi connectivity index (χ2v) is 5.92. The zero-order valence-corrected chi connectivity index (χ0v) is 13.2. The van der Waals surface area contributed by atoms with Crippen LogP contribution in [0.4, 0.5) is 0 Å². The van der Waals surface area contributed by atoms with Crippen LogP contribution in [-0.2, 0) is 15.7 Å². The largest absolute Gasteiger partial charge is 0.497 e. The average molecular weight is 285 g/mol. The van der Waals surface area contributed by atoms with Crippen molar-refractivity contribution in [2.45, 2.75) is 25.7 Å². The number of nitrogens with zero attached hydrogens (tertiary/aromatic N) is 1. The molecule has 0 radical (unpaired) electrons. The Morgan fingerprint density at radius 1 is 1.26 bits per heavy atom. The standard InChI is InChI=1S/C14H23NO3S/c1-6-18-8-7-15(4)19(16)14-11(2)9-13(17-5)10-12(14)3/h9-10H,6-8H2,1-5H3. The second-order valence-electron chi connectivity index (χ2n) is 4.39. The molecular weight excluding hydrogens is 262 g/mol. The maximum absolute atomic E-state index is 12.5. The van der Waals surface area contributed by atoms with Crippen LogP contribution in [0.5, 0.6) is 5.75 Å². The van der Waals surface area contributed by atoms with Crippen molar-refractivity contribution in [2.24, 2.45) is 0 Å². The summed E-state index contributed by atoms with van der Waals surface area (Å²) in [6, 6.07) is 3.83. The first-order chi connectivity index (χ1) is 9.01. The predicted molar refractivity (Wildman–Crippen MR) is 78.0 cm³/mol. The molecule has 0 aromatic heterocycles. The average Bonchev–Trinajstić information content (AvgIpc) is 2.37. The van der Waals surface area contributed by atoms with Crippen LogP contribution in [-0.4, -0.2) is 42.4 Å². The maximum atomic E-state index is 12.5. The van der Waals surface area contributed by atoms with Crippen LogP contribution in [0.2, 0.25) is 0 Å². The van der Waals surface area contributed by atoms with Crippen LogP contribution in [0.25, 0.3) is 0 Å². The van der Waals surface area contributed by atoms with Crippen LogP contribution in [0, 0.1) is 13.8 Å². The summed E-state index contributed by atoms with van der Waals surface area (Å²) in [5.41, 5.74) is 1.97. The predicted octanol–water partition coefficient (Wildman–Crippen LogP) is 2.30. The van der Waals surface area contributed by atoms with E-state index in [1.807, 2.05) is 40.0 Å². The lowest BCUT2D eigenvalue weighted by Gasteiger charge is -2.19. The number of benzene rings is 1. The van der Waals surface area contributed by atoms with Gasteiger partial charge in [0, 0.05) is 20.2 Å². The van der Waals surface area contributed by atoms with Gasteiger partial charge in [0.05, 0.1) is 18.6 Å². The molecule has 19 heavy (non-hydrogen) atoms. The van der Waals surface area contributed by atoms with Gasteiger partial charge < -0.3 is 9.47 Å². The molecule has 1 unspecified atom stereocenters. The van der Waals surface area contributed by atoms with Gasteiger partial charge in [0.25, 0.3) is 0 Å². The molecule has 1 aromatic carbocycles. The van der Waals surface area contributed by atoms with Crippen molar-refractivity contribution in [2.75, 3.05) is 33.9 Å². The van der Waals surface area contributed by atoms with Gasteiger partial charge in [-0.05, 0) is 44.0 Å². The highest BCUT2D eigenvalue weighted by molar-refractivity contribution is 7.82. The van der Waals surface area contributed by atoms with Crippen LogP contribution in [0.3, 0.4) is 0 Å². The van der Waals surface area contributed by atoms with E-state index in [4.69, 9.17) is 9.47 Å². The van der Waals surface area contributed by atoms with Gasteiger partial charge in [0.2, 0.25) is 0 Å². The molecule has 4 nitrogen and oxygen atoms in total. The molecular formula is C14H23NO3S. The Morgan fingerprint density at radius 2 is 1.84 bits per heavy atom. The monoisotopic (exact) mass is 285 g/mol. The third kappa shape index (κ3) is 4.30. The molecule has 0 N–H and O–H groups in total. The molecule has 0 aliphatic heterocycles. The summed E-state index contributed by atoms with van der Waals surface area (Å²) in [6.07, 6.45) is 0. The van der Waals surface area contributed by atoms with Gasteiger partial charge in [-0.25, -0.2) is 8.51 Å². The Bertz CT molecular complexity index is 425. The van der Waals surface area contributed by atoms with Crippen molar-refractivity contribution in [1.29, 1.82) is 0 Å². The van der Waals surface area contributed by atoms with Gasteiger partial charge in [-0.1, -0.05) is 0 Å². The summed E-state index contributed by atoms with van der Waals surface area (Å²) in [5, 5.41) is 0. The van der Waals surface area contributed by atoms with Gasteiger partial charge in [-0.15, -0.1) is 0 Å². The summed E-state index contributed by atoms with van der Waals surface area (Å²) in [5.74, 6) is 0.799. The molecule has 0 spiro atoms. The van der Waals surface area contributed by atoms with Gasteiger partial charge >= 0.3 is 0 Å². The normalized spacial score (nSPS) is 12.7. The summed E-state index contributed by atoms with van der Waals surface area (Å²) >= 11 is 0. The molecule has 5 heteroatoms. The number of ether oxygens (including phenoxy) is 2. The highest BCUT2D eigenvalue weighted by Crippen LogP contribution is 2.25. The fraction of sp³-hybridized carbons (Fsp3) is 0.571. The Labute approximate surface area is 118 Å². The summed E-state index contributed by atoms with van der Waals surface area (Å²) in [7, 11) is 2.32. The lowest BCUT2D eigenvalue weighted by atomic mass is 10.1. The Kier molecular flexibility index (Phi) is 6.48. The molecule has 0 aliphatic rings. The lowest BCUT2D eigenvalue weighted by molar-refractivity contribution is 0.139. The van der Waals surface area contributed by atoms with Gasteiger partial charge in [0.15, 0.2) is 0 Å². The van der Waals surface area contributed by atoms with Crippen molar-refractivity contribution < 1.29 is 13.7 Å². The van der Waals surface area contributed by atoms with Crippen LogP contribution in [0.15, 0.2) is 17.0 Å². The Hall–Kier alpha value is -0.910. The molecule has 0 fully saturated rings. The maximum Gasteiger partial charge on any atom is 0.127 e. The first kappa shape index (κ1) is 16.1. The number of rotatable bonds is 7. The van der Waals surface area contributed by atoms with Crippen molar-refractivity contribution in [1.82, 2.24) is 4.31 Å². The van der Waals surface area contributed by atoms with Crippen LogP contribution >= 0.6 is 0 Å². The van der Waals surface area contributed by atoms with E-state index in [0.29, 0.717) is 19.8 Å². The van der Waals surface area contributed by atoms with E-state index < -0.39 is 11.0 Å². The molecule has 0 saturated carbocycles. The molecule has 1 aromatic rings. The van der Waals surface area contributed by atoms with Crippen LogP contribution in [0.1, 0.15) is 18.1 Å². The second kappa shape index (κ2) is 7.62. The van der Waals surface area contributed by atoms with Crippen molar-refractivity contribution in [3.63, 3.8) is 0 Å². The highest BCUT2D eigenvalue weighted by Gasteiger charge is 2.16. The van der Waals surface area contributed by atoms with Gasteiger partial charge in [-0.3, -0.25) is 0 Å². The van der Waals surface area contributed by atoms with E-state index in [1.54, 1.807) is 11.4 Å². The van der Waals surface area contributed by atoms with E-state index in [2.05, 4.69) is 0 Å². The molecule has 0 bridgehead atoms. The van der Waals surface area contributed by atoms with Crippen LogP contribution < -0.4 is 4.74 Å². The smallest absolute Gasteiger partial charge is 0.127 e. The number of likely N-dealkylation sites (N-methyl/N-ethyl adjacent to an activating group) is 1. The summed E-state index contributed by atoms with van der Waals surface area (Å²) < 4.78 is 24.8. The van der Waals surface area contributed by atoms with Gasteiger partial charge in [-0.2, -0.15) is 0 Å². The third-order valence-corrected chi connectivity index (χ3v) is 4.62. The van der Waals surface area contributed by atoms with E-state index in [9.17, 15) is 4.21 Å². The summed E-state index contributed by atoms with van der Waals surface area (Å²) in [4.78, 5) is 0.861. The van der Waals surface area contributed by atoms with Crippen molar-refractivity contribution in [3.8, 4) is 5.75 Å². The zero-order valence-electron chi connectivity index (χ0n) is 12.4. The number of hydrogen-bond acceptors (Lipinski definition) is 3. The molecule has 108 valence electrons. The fourth-order valence-corrected chi connectivity index (χ4v) is 3.10. The molecule has 1 atom stereocenters. The topological polar surface area (TPSA) is 38.8 Å². The van der Waals surface area contributed by atoms with Crippen molar-refractivity contribution >= 4 is 11.0 Å². The quantitative estimate of drug-likeness (QED) is 0.722. The van der Waals surface area contributed by atoms with E-state index in [1.165, 1.54) is 0 Å². The minimum atomic E-state index is -1.17. The number of hydrogen-bond donors (Lipinski definition) is 0. The van der Waals surface area contributed by atoms with E-state index in [-0.39, 0.29) is 0 Å². The Morgan fingerprint density at radius 3 is 2.32 bits per heavy atom. The van der Waals surface area contributed by atoms with Gasteiger partial charge in [0.1, 0.15) is 16.7 Å². The van der Waals surface area contributed by atoms with Crippen molar-refractivity contribution in [3.05, 3.63) is 23.3 Å². The third-order valence-electron chi connectivity index (χ3n) is 2.88. The minimum Gasteiger partial charge on any atom is -0.497 e. The molecule has 0 aliphatic carbocycles. The number of methoxy groups -OCH3 is 1. The lowest BCUT2D eigenvalue weighted by Crippen LogP contribution is -2.26.